The van der Waals surface area contributed by atoms with Crippen LogP contribution in [0.5, 0.6) is 0 Å². The quantitative estimate of drug-likeness (QED) is 0.818. The highest BCUT2D eigenvalue weighted by Crippen LogP contribution is 2.16. The number of methoxy groups -OCH3 is 1. The van der Waals surface area contributed by atoms with Crippen LogP contribution in [0, 0.1) is 0 Å². The Kier molecular flexibility index (Phi) is 4.03. The van der Waals surface area contributed by atoms with Crippen molar-refractivity contribution >= 4 is 15.8 Å². The molecule has 1 rings (SSSR count). The summed E-state index contributed by atoms with van der Waals surface area (Å²) in [5, 5.41) is 7.27. The minimum absolute atomic E-state index is 0.0144. The fourth-order valence-electron chi connectivity index (χ4n) is 1.22. The van der Waals surface area contributed by atoms with Crippen LogP contribution in [-0.4, -0.2) is 38.5 Å². The molecule has 0 saturated heterocycles. The number of benzene rings is 1. The molecular formula is C10H12O5S. The Bertz CT molecular complexity index is 451. The molecule has 0 radical (unpaired) electrons. The Morgan fingerprint density at radius 1 is 1.38 bits per heavy atom. The number of aliphatic carboxylic acids is 1. The molecule has 0 aliphatic carbocycles. The van der Waals surface area contributed by atoms with Crippen LogP contribution < -0.4 is 0 Å². The van der Waals surface area contributed by atoms with Crippen LogP contribution in [0.15, 0.2) is 35.2 Å². The molecular weight excluding hydrogens is 232 g/mol. The number of sulfone groups is 1. The molecule has 1 unspecified atom stereocenters. The molecule has 0 aliphatic heterocycles. The zero-order valence-corrected chi connectivity index (χ0v) is 9.48. The zero-order chi connectivity index (χ0) is 12.2. The van der Waals surface area contributed by atoms with Gasteiger partial charge in [0.1, 0.15) is 0 Å². The Morgan fingerprint density at radius 2 is 1.94 bits per heavy atom. The van der Waals surface area contributed by atoms with E-state index in [0.717, 1.165) is 0 Å². The van der Waals surface area contributed by atoms with Crippen LogP contribution in [-0.2, 0) is 19.4 Å². The van der Waals surface area contributed by atoms with Crippen LogP contribution in [0.2, 0.25) is 0 Å². The average molecular weight is 244 g/mol. The summed E-state index contributed by atoms with van der Waals surface area (Å²) >= 11 is 0. The number of ether oxygens (including phenoxy) is 1. The number of carboxylic acids is 1. The third-order valence-electron chi connectivity index (χ3n) is 2.04. The van der Waals surface area contributed by atoms with Crippen molar-refractivity contribution in [1.82, 2.24) is 0 Å². The maximum absolute atomic E-state index is 11.9. The predicted molar refractivity (Wildman–Crippen MR) is 56.9 cm³/mol. The van der Waals surface area contributed by atoms with Crippen molar-refractivity contribution in [3.05, 3.63) is 30.3 Å². The molecule has 0 fully saturated rings. The van der Waals surface area contributed by atoms with Gasteiger partial charge in [-0.2, -0.15) is 0 Å². The van der Waals surface area contributed by atoms with Crippen LogP contribution in [0.25, 0.3) is 0 Å². The van der Waals surface area contributed by atoms with Crippen molar-refractivity contribution < 1.29 is 23.1 Å². The highest BCUT2D eigenvalue weighted by molar-refractivity contribution is 7.92. The van der Waals surface area contributed by atoms with E-state index >= 15 is 0 Å². The molecule has 0 amide bonds. The van der Waals surface area contributed by atoms with E-state index < -0.39 is 21.1 Å². The summed E-state index contributed by atoms with van der Waals surface area (Å²) in [6.45, 7) is -0.368. The third-order valence-corrected chi connectivity index (χ3v) is 4.06. The van der Waals surface area contributed by atoms with Gasteiger partial charge in [0, 0.05) is 7.11 Å². The lowest BCUT2D eigenvalue weighted by molar-refractivity contribution is -0.137. The van der Waals surface area contributed by atoms with E-state index in [-0.39, 0.29) is 11.5 Å². The molecule has 0 saturated carbocycles. The first-order valence-corrected chi connectivity index (χ1v) is 6.05. The SMILES string of the molecule is COCC(C(=O)O)S(=O)(=O)c1ccccc1. The van der Waals surface area contributed by atoms with E-state index in [4.69, 9.17) is 5.11 Å². The first-order chi connectivity index (χ1) is 7.50. The van der Waals surface area contributed by atoms with Gasteiger partial charge in [-0.25, -0.2) is 8.42 Å². The molecule has 0 aliphatic rings. The van der Waals surface area contributed by atoms with Crippen LogP contribution in [0.4, 0.5) is 0 Å². The first kappa shape index (κ1) is 12.7. The Morgan fingerprint density at radius 3 is 2.38 bits per heavy atom. The van der Waals surface area contributed by atoms with Gasteiger partial charge in [0.2, 0.25) is 0 Å². The highest BCUT2D eigenvalue weighted by atomic mass is 32.2. The molecule has 5 nitrogen and oxygen atoms in total. The molecule has 0 heterocycles. The Labute approximate surface area is 93.6 Å². The largest absolute Gasteiger partial charge is 0.480 e. The second-order valence-corrected chi connectivity index (χ2v) is 5.27. The highest BCUT2D eigenvalue weighted by Gasteiger charge is 2.33. The van der Waals surface area contributed by atoms with Gasteiger partial charge >= 0.3 is 5.97 Å². The maximum Gasteiger partial charge on any atom is 0.324 e. The lowest BCUT2D eigenvalue weighted by Gasteiger charge is -2.12. The van der Waals surface area contributed by atoms with Crippen LogP contribution in [0.3, 0.4) is 0 Å². The molecule has 6 heteroatoms. The molecule has 16 heavy (non-hydrogen) atoms. The van der Waals surface area contributed by atoms with E-state index in [9.17, 15) is 13.2 Å². The molecule has 1 atom stereocenters. The molecule has 1 aromatic rings. The van der Waals surface area contributed by atoms with Gasteiger partial charge in [-0.05, 0) is 12.1 Å². The van der Waals surface area contributed by atoms with Gasteiger partial charge in [-0.3, -0.25) is 4.79 Å². The lowest BCUT2D eigenvalue weighted by Crippen LogP contribution is -2.34. The van der Waals surface area contributed by atoms with Gasteiger partial charge in [0.25, 0.3) is 0 Å². The van der Waals surface area contributed by atoms with Crippen molar-refractivity contribution in [3.63, 3.8) is 0 Å². The fraction of sp³-hybridized carbons (Fsp3) is 0.300. The second kappa shape index (κ2) is 5.09. The van der Waals surface area contributed by atoms with Crippen LogP contribution in [0.1, 0.15) is 0 Å². The number of carbonyl (C=O) groups is 1. The normalized spacial score (nSPS) is 13.3. The lowest BCUT2D eigenvalue weighted by atomic mass is 10.4. The van der Waals surface area contributed by atoms with E-state index in [1.807, 2.05) is 0 Å². The topological polar surface area (TPSA) is 80.7 Å². The number of hydrogen-bond acceptors (Lipinski definition) is 4. The predicted octanol–water partition coefficient (Wildman–Crippen LogP) is 0.560. The van der Waals surface area contributed by atoms with Crippen molar-refractivity contribution in [2.45, 2.75) is 10.1 Å². The smallest absolute Gasteiger partial charge is 0.324 e. The summed E-state index contributed by atoms with van der Waals surface area (Å²) < 4.78 is 28.4. The summed E-state index contributed by atoms with van der Waals surface area (Å²) in [7, 11) is -2.63. The standard InChI is InChI=1S/C10H12O5S/c1-15-7-9(10(11)12)16(13,14)8-5-3-2-4-6-8/h2-6,9H,7H2,1H3,(H,11,12). The molecule has 1 aromatic carbocycles. The monoisotopic (exact) mass is 244 g/mol. The first-order valence-electron chi connectivity index (χ1n) is 4.51. The van der Waals surface area contributed by atoms with Crippen molar-refractivity contribution in [2.24, 2.45) is 0 Å². The summed E-state index contributed by atoms with van der Waals surface area (Å²) in [6, 6.07) is 7.46. The second-order valence-electron chi connectivity index (χ2n) is 3.14. The molecule has 0 bridgehead atoms. The van der Waals surface area contributed by atoms with Crippen molar-refractivity contribution in [3.8, 4) is 0 Å². The molecule has 0 spiro atoms. The summed E-state index contributed by atoms with van der Waals surface area (Å²) in [4.78, 5) is 10.8. The van der Waals surface area contributed by atoms with Gasteiger partial charge < -0.3 is 9.84 Å². The number of hydrogen-bond donors (Lipinski definition) is 1. The van der Waals surface area contributed by atoms with Gasteiger partial charge in [0.05, 0.1) is 11.5 Å². The van der Waals surface area contributed by atoms with E-state index in [1.54, 1.807) is 18.2 Å². The molecule has 1 N–H and O–H groups in total. The van der Waals surface area contributed by atoms with E-state index in [0.29, 0.717) is 0 Å². The minimum Gasteiger partial charge on any atom is -0.480 e. The van der Waals surface area contributed by atoms with Crippen LogP contribution >= 0.6 is 0 Å². The average Bonchev–Trinajstić information content (AvgIpc) is 2.26. The van der Waals surface area contributed by atoms with Gasteiger partial charge in [-0.15, -0.1) is 0 Å². The number of carboxylic acid groups (broad SMARTS) is 1. The molecule has 88 valence electrons. The molecule has 0 aromatic heterocycles. The van der Waals surface area contributed by atoms with E-state index in [2.05, 4.69) is 4.74 Å². The summed E-state index contributed by atoms with van der Waals surface area (Å²) in [5.74, 6) is -1.41. The zero-order valence-electron chi connectivity index (χ0n) is 8.66. The Balaban J connectivity index is 3.14. The number of rotatable bonds is 5. The third kappa shape index (κ3) is 2.59. The van der Waals surface area contributed by atoms with Gasteiger partial charge in [-0.1, -0.05) is 18.2 Å². The summed E-state index contributed by atoms with van der Waals surface area (Å²) in [6.07, 6.45) is 0. The Hall–Kier alpha value is -1.40. The minimum atomic E-state index is -3.89. The fourth-order valence-corrected chi connectivity index (χ4v) is 2.67. The summed E-state index contributed by atoms with van der Waals surface area (Å²) in [5.41, 5.74) is 0. The van der Waals surface area contributed by atoms with Gasteiger partial charge in [0.15, 0.2) is 15.1 Å². The maximum atomic E-state index is 11.9. The van der Waals surface area contributed by atoms with E-state index in [1.165, 1.54) is 19.2 Å². The van der Waals surface area contributed by atoms with Crippen molar-refractivity contribution in [2.75, 3.05) is 13.7 Å². The van der Waals surface area contributed by atoms with Crippen molar-refractivity contribution in [1.29, 1.82) is 0 Å².